The van der Waals surface area contributed by atoms with Gasteiger partial charge in [-0.15, -0.1) is 0 Å². The minimum atomic E-state index is -4.27. The molecule has 0 N–H and O–H groups in total. The van der Waals surface area contributed by atoms with E-state index in [9.17, 15) is 17.6 Å². The Morgan fingerprint density at radius 3 is 1.84 bits per heavy atom. The zero-order valence-corrected chi connectivity index (χ0v) is 9.99. The summed E-state index contributed by atoms with van der Waals surface area (Å²) in [5, 5.41) is 0. The molecule has 1 unspecified atom stereocenters. The molecule has 2 aromatic carbocycles. The second kappa shape index (κ2) is 5.43. The zero-order chi connectivity index (χ0) is 13.9. The minimum absolute atomic E-state index is 0.456. The molecule has 0 saturated heterocycles. The van der Waals surface area contributed by atoms with Gasteiger partial charge >= 0.3 is 6.18 Å². The molecule has 2 aromatic rings. The summed E-state index contributed by atoms with van der Waals surface area (Å²) in [4.78, 5) is 0. The van der Waals surface area contributed by atoms with Crippen LogP contribution in [0.4, 0.5) is 17.6 Å². The van der Waals surface area contributed by atoms with Crippen molar-refractivity contribution in [1.29, 1.82) is 0 Å². The van der Waals surface area contributed by atoms with Crippen LogP contribution in [-0.2, 0) is 0 Å². The number of rotatable bonds is 3. The van der Waals surface area contributed by atoms with Crippen molar-refractivity contribution in [3.8, 4) is 0 Å². The van der Waals surface area contributed by atoms with Gasteiger partial charge in [0.2, 0.25) is 0 Å². The molecule has 0 spiro atoms. The lowest BCUT2D eigenvalue weighted by molar-refractivity contribution is -0.136. The molecule has 0 saturated carbocycles. The maximum absolute atomic E-state index is 12.9. The molecule has 0 aliphatic heterocycles. The van der Waals surface area contributed by atoms with Gasteiger partial charge in [0.15, 0.2) is 0 Å². The summed E-state index contributed by atoms with van der Waals surface area (Å²) >= 11 is 0. The normalized spacial score (nSPS) is 13.3. The fraction of sp³-hybridized carbons (Fsp3) is 0.200. The highest BCUT2D eigenvalue weighted by Crippen LogP contribution is 2.35. The highest BCUT2D eigenvalue weighted by atomic mass is 19.4. The number of benzene rings is 2. The number of hydrogen-bond acceptors (Lipinski definition) is 0. The van der Waals surface area contributed by atoms with Crippen molar-refractivity contribution in [2.75, 3.05) is 0 Å². The zero-order valence-electron chi connectivity index (χ0n) is 9.99. The Bertz CT molecular complexity index is 514. The molecule has 2 rings (SSSR count). The van der Waals surface area contributed by atoms with Crippen LogP contribution < -0.4 is 0 Å². The van der Waals surface area contributed by atoms with E-state index in [1.165, 1.54) is 24.3 Å². The maximum atomic E-state index is 12.9. The molecule has 0 bridgehead atoms. The van der Waals surface area contributed by atoms with Gasteiger partial charge in [-0.3, -0.25) is 0 Å². The first-order valence-corrected chi connectivity index (χ1v) is 5.83. The van der Waals surface area contributed by atoms with E-state index in [1.54, 1.807) is 30.3 Å². The Balaban J connectivity index is 2.37. The standard InChI is InChI=1S/C15H12F4/c16-13-8-6-12(7-9-13)14(10-15(17,18)19)11-4-2-1-3-5-11/h1-9,14H,10H2. The molecule has 0 aliphatic carbocycles. The molecule has 0 nitrogen and oxygen atoms in total. The summed E-state index contributed by atoms with van der Waals surface area (Å²) in [6.07, 6.45) is -5.22. The molecular weight excluding hydrogens is 256 g/mol. The van der Waals surface area contributed by atoms with E-state index in [4.69, 9.17) is 0 Å². The second-order valence-corrected chi connectivity index (χ2v) is 4.33. The van der Waals surface area contributed by atoms with Crippen molar-refractivity contribution < 1.29 is 17.6 Å². The van der Waals surface area contributed by atoms with Gasteiger partial charge < -0.3 is 0 Å². The van der Waals surface area contributed by atoms with E-state index in [0.29, 0.717) is 11.1 Å². The highest BCUT2D eigenvalue weighted by Gasteiger charge is 2.33. The molecule has 100 valence electrons. The smallest absolute Gasteiger partial charge is 0.207 e. The Labute approximate surface area is 108 Å². The van der Waals surface area contributed by atoms with Crippen LogP contribution in [0.2, 0.25) is 0 Å². The van der Waals surface area contributed by atoms with E-state index in [1.807, 2.05) is 0 Å². The van der Waals surface area contributed by atoms with Crippen LogP contribution >= 0.6 is 0 Å². The van der Waals surface area contributed by atoms with E-state index in [0.717, 1.165) is 0 Å². The van der Waals surface area contributed by atoms with Crippen LogP contribution in [0.3, 0.4) is 0 Å². The molecule has 0 radical (unpaired) electrons. The van der Waals surface area contributed by atoms with E-state index >= 15 is 0 Å². The summed E-state index contributed by atoms with van der Waals surface area (Å²) in [6, 6.07) is 13.6. The molecule has 19 heavy (non-hydrogen) atoms. The number of alkyl halides is 3. The predicted octanol–water partition coefficient (Wildman–Crippen LogP) is 4.91. The predicted molar refractivity (Wildman–Crippen MR) is 65.4 cm³/mol. The van der Waals surface area contributed by atoms with Crippen molar-refractivity contribution in [3.05, 3.63) is 71.5 Å². The molecule has 4 heteroatoms. The Kier molecular flexibility index (Phi) is 3.88. The quantitative estimate of drug-likeness (QED) is 0.694. The maximum Gasteiger partial charge on any atom is 0.390 e. The van der Waals surface area contributed by atoms with Crippen LogP contribution in [-0.4, -0.2) is 6.18 Å². The average Bonchev–Trinajstić information content (AvgIpc) is 2.37. The van der Waals surface area contributed by atoms with E-state index in [2.05, 4.69) is 0 Å². The van der Waals surface area contributed by atoms with Gasteiger partial charge in [-0.25, -0.2) is 4.39 Å². The molecular formula is C15H12F4. The largest absolute Gasteiger partial charge is 0.390 e. The summed E-state index contributed by atoms with van der Waals surface area (Å²) in [5.41, 5.74) is 1.04. The van der Waals surface area contributed by atoms with Gasteiger partial charge in [0.25, 0.3) is 0 Å². The molecule has 1 atom stereocenters. The first-order valence-electron chi connectivity index (χ1n) is 5.83. The Morgan fingerprint density at radius 2 is 1.32 bits per heavy atom. The first-order chi connectivity index (χ1) is 8.96. The van der Waals surface area contributed by atoms with Gasteiger partial charge in [0, 0.05) is 5.92 Å². The SMILES string of the molecule is Fc1ccc(C(CC(F)(F)F)c2ccccc2)cc1. The van der Waals surface area contributed by atoms with Crippen LogP contribution in [0.15, 0.2) is 54.6 Å². The van der Waals surface area contributed by atoms with E-state index in [-0.39, 0.29) is 0 Å². The van der Waals surface area contributed by atoms with Crippen LogP contribution in [0.1, 0.15) is 23.5 Å². The summed E-state index contributed by atoms with van der Waals surface area (Å²) in [5.74, 6) is -1.26. The van der Waals surface area contributed by atoms with Crippen molar-refractivity contribution in [3.63, 3.8) is 0 Å². The second-order valence-electron chi connectivity index (χ2n) is 4.33. The highest BCUT2D eigenvalue weighted by molar-refractivity contribution is 5.32. The van der Waals surface area contributed by atoms with Crippen molar-refractivity contribution >= 4 is 0 Å². The van der Waals surface area contributed by atoms with E-state index < -0.39 is 24.3 Å². The minimum Gasteiger partial charge on any atom is -0.207 e. The van der Waals surface area contributed by atoms with Gasteiger partial charge in [-0.1, -0.05) is 42.5 Å². The van der Waals surface area contributed by atoms with Gasteiger partial charge in [0.05, 0.1) is 6.42 Å². The lowest BCUT2D eigenvalue weighted by Crippen LogP contribution is -2.15. The van der Waals surface area contributed by atoms with Crippen molar-refractivity contribution in [2.24, 2.45) is 0 Å². The Hall–Kier alpha value is -1.84. The fourth-order valence-electron chi connectivity index (χ4n) is 2.04. The third kappa shape index (κ3) is 3.81. The van der Waals surface area contributed by atoms with Crippen molar-refractivity contribution in [1.82, 2.24) is 0 Å². The summed E-state index contributed by atoms with van der Waals surface area (Å²) in [7, 11) is 0. The average molecular weight is 268 g/mol. The summed E-state index contributed by atoms with van der Waals surface area (Å²) < 4.78 is 50.9. The molecule has 0 aromatic heterocycles. The van der Waals surface area contributed by atoms with Gasteiger partial charge in [-0.05, 0) is 23.3 Å². The third-order valence-corrected chi connectivity index (χ3v) is 2.91. The fourth-order valence-corrected chi connectivity index (χ4v) is 2.04. The van der Waals surface area contributed by atoms with Crippen LogP contribution in [0, 0.1) is 5.82 Å². The number of halogens is 4. The van der Waals surface area contributed by atoms with Gasteiger partial charge in [0.1, 0.15) is 5.82 Å². The molecule has 0 amide bonds. The molecule has 0 heterocycles. The lowest BCUT2D eigenvalue weighted by Gasteiger charge is -2.19. The summed E-state index contributed by atoms with van der Waals surface area (Å²) in [6.45, 7) is 0. The first kappa shape index (κ1) is 13.6. The molecule has 0 aliphatic rings. The third-order valence-electron chi connectivity index (χ3n) is 2.91. The van der Waals surface area contributed by atoms with Gasteiger partial charge in [-0.2, -0.15) is 13.2 Å². The van der Waals surface area contributed by atoms with Crippen LogP contribution in [0.25, 0.3) is 0 Å². The lowest BCUT2D eigenvalue weighted by atomic mass is 9.88. The topological polar surface area (TPSA) is 0 Å². The van der Waals surface area contributed by atoms with Crippen LogP contribution in [0.5, 0.6) is 0 Å². The monoisotopic (exact) mass is 268 g/mol. The molecule has 0 fully saturated rings. The Morgan fingerprint density at radius 1 is 0.789 bits per heavy atom. The van der Waals surface area contributed by atoms with Crippen molar-refractivity contribution in [2.45, 2.75) is 18.5 Å². The number of hydrogen-bond donors (Lipinski definition) is 0.